The number of hydrogen-bond acceptors (Lipinski definition) is 4. The van der Waals surface area contributed by atoms with Gasteiger partial charge in [0.05, 0.1) is 23.7 Å². The highest BCUT2D eigenvalue weighted by atomic mass is 32.1. The van der Waals surface area contributed by atoms with Crippen LogP contribution < -0.4 is 11.1 Å². The molecule has 7 heteroatoms. The van der Waals surface area contributed by atoms with Crippen molar-refractivity contribution in [2.75, 3.05) is 39.4 Å². The normalized spacial score (nSPS) is 25.4. The number of urea groups is 1. The van der Waals surface area contributed by atoms with Gasteiger partial charge in [-0.05, 0) is 12.8 Å². The molecule has 114 valence electrons. The third kappa shape index (κ3) is 3.80. The van der Waals surface area contributed by atoms with Crippen LogP contribution in [0.2, 0.25) is 0 Å². The molecule has 3 N–H and O–H groups in total. The van der Waals surface area contributed by atoms with Gasteiger partial charge >= 0.3 is 6.03 Å². The van der Waals surface area contributed by atoms with Crippen molar-refractivity contribution in [3.8, 4) is 0 Å². The fourth-order valence-corrected chi connectivity index (χ4v) is 3.11. The van der Waals surface area contributed by atoms with E-state index in [1.54, 1.807) is 0 Å². The molecule has 0 spiro atoms. The molecular weight excluding hydrogens is 276 g/mol. The number of nitrogens with zero attached hydrogens (tertiary/aromatic N) is 2. The Balaban J connectivity index is 1.78. The molecule has 0 saturated carbocycles. The maximum absolute atomic E-state index is 12.1. The van der Waals surface area contributed by atoms with Crippen molar-refractivity contribution in [3.05, 3.63) is 0 Å². The standard InChI is InChI=1S/C13H24N4O2S/c1-2-11(12(14)20)16-4-6-17(7-5-16)13(18)15-10-3-8-19-9-10/h10-11H,2-9H2,1H3,(H2,14,20)(H,15,18). The van der Waals surface area contributed by atoms with Gasteiger partial charge < -0.3 is 20.7 Å². The number of hydrogen-bond donors (Lipinski definition) is 2. The average molecular weight is 300 g/mol. The number of carbonyl (C=O) groups excluding carboxylic acids is 1. The van der Waals surface area contributed by atoms with Gasteiger partial charge in [0.15, 0.2) is 0 Å². The summed E-state index contributed by atoms with van der Waals surface area (Å²) in [4.78, 5) is 16.8. The first-order valence-corrected chi connectivity index (χ1v) is 7.69. The van der Waals surface area contributed by atoms with Crippen LogP contribution in [-0.4, -0.2) is 72.3 Å². The van der Waals surface area contributed by atoms with Gasteiger partial charge in [0.2, 0.25) is 0 Å². The largest absolute Gasteiger partial charge is 0.392 e. The van der Waals surface area contributed by atoms with Gasteiger partial charge in [-0.3, -0.25) is 4.90 Å². The summed E-state index contributed by atoms with van der Waals surface area (Å²) in [6.07, 6.45) is 1.83. The van der Waals surface area contributed by atoms with Gasteiger partial charge in [-0.25, -0.2) is 4.79 Å². The number of ether oxygens (including phenoxy) is 1. The lowest BCUT2D eigenvalue weighted by Crippen LogP contribution is -2.57. The molecule has 0 bridgehead atoms. The predicted molar refractivity (Wildman–Crippen MR) is 81.8 cm³/mol. The molecule has 2 aliphatic heterocycles. The summed E-state index contributed by atoms with van der Waals surface area (Å²) in [6.45, 7) is 6.55. The van der Waals surface area contributed by atoms with Crippen LogP contribution in [-0.2, 0) is 4.74 Å². The SMILES string of the molecule is CCC(C(N)=S)N1CCN(C(=O)NC2CCOC2)CC1. The fraction of sp³-hybridized carbons (Fsp3) is 0.846. The number of nitrogens with two attached hydrogens (primary N) is 1. The smallest absolute Gasteiger partial charge is 0.317 e. The minimum Gasteiger partial charge on any atom is -0.392 e. The van der Waals surface area contributed by atoms with E-state index in [2.05, 4.69) is 17.1 Å². The second-order valence-electron chi connectivity index (χ2n) is 5.36. The lowest BCUT2D eigenvalue weighted by molar-refractivity contribution is 0.123. The summed E-state index contributed by atoms with van der Waals surface area (Å²) in [6, 6.07) is 0.336. The Morgan fingerprint density at radius 2 is 2.15 bits per heavy atom. The summed E-state index contributed by atoms with van der Waals surface area (Å²) in [5.74, 6) is 0. The van der Waals surface area contributed by atoms with Crippen LogP contribution in [0.15, 0.2) is 0 Å². The monoisotopic (exact) mass is 300 g/mol. The minimum absolute atomic E-state index is 0.0172. The molecule has 2 atom stereocenters. The van der Waals surface area contributed by atoms with Crippen LogP contribution in [0.1, 0.15) is 19.8 Å². The molecule has 0 aromatic heterocycles. The number of piperazine rings is 1. The molecule has 6 nitrogen and oxygen atoms in total. The fourth-order valence-electron chi connectivity index (χ4n) is 2.79. The van der Waals surface area contributed by atoms with Crippen molar-refractivity contribution in [1.82, 2.24) is 15.1 Å². The second-order valence-corrected chi connectivity index (χ2v) is 5.83. The second kappa shape index (κ2) is 7.19. The highest BCUT2D eigenvalue weighted by Crippen LogP contribution is 2.11. The number of rotatable bonds is 4. The van der Waals surface area contributed by atoms with Crippen LogP contribution in [0.25, 0.3) is 0 Å². The maximum atomic E-state index is 12.1. The summed E-state index contributed by atoms with van der Waals surface area (Å²) in [7, 11) is 0. The summed E-state index contributed by atoms with van der Waals surface area (Å²) < 4.78 is 5.27. The summed E-state index contributed by atoms with van der Waals surface area (Å²) in [5.41, 5.74) is 5.76. The highest BCUT2D eigenvalue weighted by Gasteiger charge is 2.28. The molecule has 0 aromatic rings. The Labute approximate surface area is 125 Å². The maximum Gasteiger partial charge on any atom is 0.317 e. The summed E-state index contributed by atoms with van der Waals surface area (Å²) >= 11 is 5.10. The average Bonchev–Trinajstić information content (AvgIpc) is 2.92. The van der Waals surface area contributed by atoms with Crippen LogP contribution in [0.4, 0.5) is 4.79 Å². The van der Waals surface area contributed by atoms with E-state index in [9.17, 15) is 4.79 Å². The Morgan fingerprint density at radius 1 is 1.45 bits per heavy atom. The number of thiocarbonyl (C=S) groups is 1. The molecule has 2 aliphatic rings. The Hall–Kier alpha value is -0.920. The van der Waals surface area contributed by atoms with E-state index >= 15 is 0 Å². The lowest BCUT2D eigenvalue weighted by Gasteiger charge is -2.38. The first-order valence-electron chi connectivity index (χ1n) is 7.28. The van der Waals surface area contributed by atoms with Gasteiger partial charge in [-0.15, -0.1) is 0 Å². The van der Waals surface area contributed by atoms with Crippen LogP contribution in [0.3, 0.4) is 0 Å². The van der Waals surface area contributed by atoms with Gasteiger partial charge in [0.1, 0.15) is 0 Å². The highest BCUT2D eigenvalue weighted by molar-refractivity contribution is 7.80. The number of amides is 2. The van der Waals surface area contributed by atoms with Crippen LogP contribution in [0.5, 0.6) is 0 Å². The van der Waals surface area contributed by atoms with E-state index in [0.717, 1.165) is 45.6 Å². The number of nitrogens with one attached hydrogen (secondary N) is 1. The van der Waals surface area contributed by atoms with Crippen molar-refractivity contribution in [2.45, 2.75) is 31.8 Å². The molecule has 2 saturated heterocycles. The lowest BCUT2D eigenvalue weighted by atomic mass is 10.1. The van der Waals surface area contributed by atoms with Gasteiger partial charge in [0.25, 0.3) is 0 Å². The third-order valence-electron chi connectivity index (χ3n) is 4.01. The minimum atomic E-state index is 0.0172. The molecule has 0 aromatic carbocycles. The van der Waals surface area contributed by atoms with Crippen molar-refractivity contribution < 1.29 is 9.53 Å². The quantitative estimate of drug-likeness (QED) is 0.724. The molecular formula is C13H24N4O2S. The Kier molecular flexibility index (Phi) is 5.56. The van der Waals surface area contributed by atoms with E-state index in [1.807, 2.05) is 4.90 Å². The molecule has 2 heterocycles. The van der Waals surface area contributed by atoms with Gasteiger partial charge in [-0.1, -0.05) is 19.1 Å². The van der Waals surface area contributed by atoms with E-state index in [-0.39, 0.29) is 18.1 Å². The van der Waals surface area contributed by atoms with Gasteiger partial charge in [-0.2, -0.15) is 0 Å². The number of carbonyl (C=O) groups is 1. The molecule has 2 unspecified atom stereocenters. The Bertz CT molecular complexity index is 352. The van der Waals surface area contributed by atoms with E-state index < -0.39 is 0 Å². The third-order valence-corrected chi connectivity index (χ3v) is 4.29. The van der Waals surface area contributed by atoms with Crippen molar-refractivity contribution >= 4 is 23.2 Å². The first-order chi connectivity index (χ1) is 9.61. The first kappa shape index (κ1) is 15.5. The van der Waals surface area contributed by atoms with Gasteiger partial charge in [0, 0.05) is 32.8 Å². The predicted octanol–water partition coefficient (Wildman–Crippen LogP) is 0.167. The van der Waals surface area contributed by atoms with E-state index in [0.29, 0.717) is 11.6 Å². The van der Waals surface area contributed by atoms with Crippen molar-refractivity contribution in [1.29, 1.82) is 0 Å². The summed E-state index contributed by atoms with van der Waals surface area (Å²) in [5, 5.41) is 3.02. The Morgan fingerprint density at radius 3 is 2.65 bits per heavy atom. The molecule has 0 aliphatic carbocycles. The zero-order valence-corrected chi connectivity index (χ0v) is 12.8. The topological polar surface area (TPSA) is 70.8 Å². The molecule has 2 rings (SSSR count). The van der Waals surface area contributed by atoms with Crippen LogP contribution >= 0.6 is 12.2 Å². The zero-order chi connectivity index (χ0) is 14.5. The van der Waals surface area contributed by atoms with Crippen molar-refractivity contribution in [3.63, 3.8) is 0 Å². The molecule has 20 heavy (non-hydrogen) atoms. The molecule has 2 fully saturated rings. The molecule has 0 radical (unpaired) electrons. The van der Waals surface area contributed by atoms with Crippen molar-refractivity contribution in [2.24, 2.45) is 5.73 Å². The van der Waals surface area contributed by atoms with Crippen LogP contribution in [0, 0.1) is 0 Å². The van der Waals surface area contributed by atoms with E-state index in [4.69, 9.17) is 22.7 Å². The van der Waals surface area contributed by atoms with E-state index in [1.165, 1.54) is 0 Å². The molecule has 2 amide bonds. The zero-order valence-electron chi connectivity index (χ0n) is 12.0.